The van der Waals surface area contributed by atoms with Gasteiger partial charge in [0.15, 0.2) is 0 Å². The van der Waals surface area contributed by atoms with Gasteiger partial charge in [-0.1, -0.05) is 84.9 Å². The van der Waals surface area contributed by atoms with Crippen LogP contribution in [0.3, 0.4) is 0 Å². The van der Waals surface area contributed by atoms with E-state index in [1.807, 2.05) is 12.1 Å². The van der Waals surface area contributed by atoms with E-state index in [9.17, 15) is 4.79 Å². The lowest BCUT2D eigenvalue weighted by molar-refractivity contribution is 0.0691. The minimum absolute atomic E-state index is 0.0870. The Hall–Kier alpha value is -3.59. The smallest absolute Gasteiger partial charge is 0.256 e. The number of nitrogens with zero attached hydrogens (tertiary/aromatic N) is 2. The number of carbonyl (C=O) groups excluding carboxylic acids is 1. The molecule has 0 saturated carbocycles. The molecule has 2 aliphatic rings. The Kier molecular flexibility index (Phi) is 4.72. The molecular formula is C30H28N2O. The topological polar surface area (TPSA) is 25.2 Å². The highest BCUT2D eigenvalue weighted by atomic mass is 16.2. The number of carbonyl (C=O) groups is 1. The molecule has 0 atom stereocenters. The summed E-state index contributed by atoms with van der Waals surface area (Å²) >= 11 is 0. The molecule has 1 fully saturated rings. The van der Waals surface area contributed by atoms with E-state index < -0.39 is 0 Å². The number of aromatic nitrogens is 1. The lowest BCUT2D eigenvalue weighted by atomic mass is 9.74. The summed E-state index contributed by atoms with van der Waals surface area (Å²) in [6, 6.07) is 27.5. The van der Waals surface area contributed by atoms with Crippen LogP contribution in [-0.4, -0.2) is 28.5 Å². The quantitative estimate of drug-likeness (QED) is 0.378. The van der Waals surface area contributed by atoms with Crippen molar-refractivity contribution < 1.29 is 4.79 Å². The van der Waals surface area contributed by atoms with Crippen LogP contribution < -0.4 is 0 Å². The number of allylic oxidation sites excluding steroid dienone is 1. The maximum atomic E-state index is 13.8. The monoisotopic (exact) mass is 432 g/mol. The van der Waals surface area contributed by atoms with E-state index in [4.69, 9.17) is 0 Å². The van der Waals surface area contributed by atoms with Crippen molar-refractivity contribution in [3.63, 3.8) is 0 Å². The van der Waals surface area contributed by atoms with Gasteiger partial charge in [-0.05, 0) is 42.5 Å². The average molecular weight is 433 g/mol. The molecule has 1 spiro atoms. The van der Waals surface area contributed by atoms with Crippen molar-refractivity contribution in [2.24, 2.45) is 0 Å². The zero-order valence-electron chi connectivity index (χ0n) is 19.0. The molecule has 6 rings (SSSR count). The third kappa shape index (κ3) is 3.22. The third-order valence-electron chi connectivity index (χ3n) is 7.65. The number of fused-ring (bicyclic) bond motifs is 3. The highest BCUT2D eigenvalue weighted by Gasteiger charge is 2.39. The van der Waals surface area contributed by atoms with Gasteiger partial charge in [-0.2, -0.15) is 0 Å². The summed E-state index contributed by atoms with van der Waals surface area (Å²) in [4.78, 5) is 15.9. The van der Waals surface area contributed by atoms with Gasteiger partial charge in [-0.25, -0.2) is 0 Å². The van der Waals surface area contributed by atoms with Gasteiger partial charge in [0, 0.05) is 41.6 Å². The number of rotatable bonds is 3. The first-order valence-corrected chi connectivity index (χ1v) is 11.9. The number of hydrogen-bond acceptors (Lipinski definition) is 1. The lowest BCUT2D eigenvalue weighted by Gasteiger charge is -2.39. The molecular weight excluding hydrogens is 404 g/mol. The van der Waals surface area contributed by atoms with Crippen LogP contribution >= 0.6 is 0 Å². The van der Waals surface area contributed by atoms with E-state index in [2.05, 4.69) is 95.3 Å². The second-order valence-corrected chi connectivity index (χ2v) is 9.42. The van der Waals surface area contributed by atoms with E-state index in [1.165, 1.54) is 16.7 Å². The van der Waals surface area contributed by atoms with E-state index in [1.54, 1.807) is 0 Å². The Balaban J connectivity index is 1.31. The largest absolute Gasteiger partial charge is 0.340 e. The summed E-state index contributed by atoms with van der Waals surface area (Å²) in [7, 11) is 0. The number of amides is 1. The van der Waals surface area contributed by atoms with Gasteiger partial charge in [-0.15, -0.1) is 0 Å². The Bertz CT molecular complexity index is 1370. The van der Waals surface area contributed by atoms with E-state index in [0.717, 1.165) is 54.6 Å². The molecule has 2 heterocycles. The van der Waals surface area contributed by atoms with Crippen LogP contribution in [0.25, 0.3) is 17.0 Å². The maximum absolute atomic E-state index is 13.8. The number of hydrogen-bond donors (Lipinski definition) is 0. The van der Waals surface area contributed by atoms with Gasteiger partial charge in [0.1, 0.15) is 0 Å². The fraction of sp³-hybridized carbons (Fsp3) is 0.233. The second-order valence-electron chi connectivity index (χ2n) is 9.42. The van der Waals surface area contributed by atoms with Crippen molar-refractivity contribution in [3.8, 4) is 0 Å². The fourth-order valence-corrected chi connectivity index (χ4v) is 5.81. The Morgan fingerprint density at radius 1 is 0.879 bits per heavy atom. The highest BCUT2D eigenvalue weighted by molar-refractivity contribution is 6.08. The van der Waals surface area contributed by atoms with Gasteiger partial charge >= 0.3 is 0 Å². The van der Waals surface area contributed by atoms with Crippen molar-refractivity contribution in [1.82, 2.24) is 9.47 Å². The molecule has 1 aliphatic carbocycles. The molecule has 3 nitrogen and oxygen atoms in total. The normalized spacial score (nSPS) is 16.5. The average Bonchev–Trinajstić information content (AvgIpc) is 3.35. The van der Waals surface area contributed by atoms with Crippen LogP contribution in [0.15, 0.2) is 84.9 Å². The van der Waals surface area contributed by atoms with Crippen LogP contribution in [-0.2, 0) is 12.0 Å². The molecule has 0 unspecified atom stereocenters. The van der Waals surface area contributed by atoms with E-state index in [-0.39, 0.29) is 11.3 Å². The molecule has 0 N–H and O–H groups in total. The van der Waals surface area contributed by atoms with Crippen molar-refractivity contribution in [2.75, 3.05) is 13.1 Å². The first-order valence-electron chi connectivity index (χ1n) is 11.9. The first kappa shape index (κ1) is 20.0. The van der Waals surface area contributed by atoms with Crippen LogP contribution in [0.5, 0.6) is 0 Å². The van der Waals surface area contributed by atoms with Gasteiger partial charge in [0.25, 0.3) is 5.91 Å². The van der Waals surface area contributed by atoms with Gasteiger partial charge < -0.3 is 9.47 Å². The summed E-state index contributed by atoms with van der Waals surface area (Å²) in [5.74, 6) is 0.167. The summed E-state index contributed by atoms with van der Waals surface area (Å²) in [5.41, 5.74) is 7.13. The van der Waals surface area contributed by atoms with Gasteiger partial charge in [-0.3, -0.25) is 4.79 Å². The molecule has 164 valence electrons. The zero-order chi connectivity index (χ0) is 22.4. The number of para-hydroxylation sites is 1. The van der Waals surface area contributed by atoms with Gasteiger partial charge in [0.05, 0.1) is 5.56 Å². The second kappa shape index (κ2) is 7.77. The first-order chi connectivity index (χ1) is 16.2. The van der Waals surface area contributed by atoms with Crippen molar-refractivity contribution in [1.29, 1.82) is 0 Å². The minimum atomic E-state index is 0.0870. The van der Waals surface area contributed by atoms with Crippen molar-refractivity contribution >= 4 is 22.9 Å². The molecule has 0 radical (unpaired) electrons. The number of benzene rings is 3. The lowest BCUT2D eigenvalue weighted by Crippen LogP contribution is -2.44. The third-order valence-corrected chi connectivity index (χ3v) is 7.65. The molecule has 1 aromatic heterocycles. The predicted octanol–water partition coefficient (Wildman–Crippen LogP) is 6.20. The van der Waals surface area contributed by atoms with Crippen molar-refractivity contribution in [3.05, 3.63) is 113 Å². The van der Waals surface area contributed by atoms with Crippen LogP contribution in [0.4, 0.5) is 0 Å². The molecule has 0 bridgehead atoms. The number of likely N-dealkylation sites (tertiary alicyclic amines) is 1. The SMILES string of the molecule is Cc1c(C(=O)N2CCC3(C=Cc4ccccc43)CC2)c2ccccc2n1Cc1ccccc1. The van der Waals surface area contributed by atoms with Crippen molar-refractivity contribution in [2.45, 2.75) is 31.7 Å². The Labute approximate surface area is 195 Å². The van der Waals surface area contributed by atoms with Crippen LogP contribution in [0, 0.1) is 6.92 Å². The predicted molar refractivity (Wildman–Crippen MR) is 135 cm³/mol. The molecule has 3 aromatic carbocycles. The zero-order valence-corrected chi connectivity index (χ0v) is 19.0. The maximum Gasteiger partial charge on any atom is 0.256 e. The van der Waals surface area contributed by atoms with E-state index >= 15 is 0 Å². The summed E-state index contributed by atoms with van der Waals surface area (Å²) < 4.78 is 2.29. The molecule has 33 heavy (non-hydrogen) atoms. The van der Waals surface area contributed by atoms with Gasteiger partial charge in [0.2, 0.25) is 0 Å². The highest BCUT2D eigenvalue weighted by Crippen LogP contribution is 2.44. The standard InChI is InChI=1S/C30H28N2O/c1-22-28(25-12-6-8-14-27(25)32(22)21-23-9-3-2-4-10-23)29(33)31-19-17-30(18-20-31)16-15-24-11-5-7-13-26(24)30/h2-16H,17-21H2,1H3. The van der Waals surface area contributed by atoms with Crippen LogP contribution in [0.2, 0.25) is 0 Å². The van der Waals surface area contributed by atoms with Crippen LogP contribution in [0.1, 0.15) is 45.6 Å². The Morgan fingerprint density at radius 3 is 2.39 bits per heavy atom. The molecule has 1 saturated heterocycles. The fourth-order valence-electron chi connectivity index (χ4n) is 5.81. The summed E-state index contributed by atoms with van der Waals surface area (Å²) in [6.45, 7) is 4.44. The molecule has 1 amide bonds. The molecule has 1 aliphatic heterocycles. The van der Waals surface area contributed by atoms with E-state index in [0.29, 0.717) is 0 Å². The summed E-state index contributed by atoms with van der Waals surface area (Å²) in [6.07, 6.45) is 6.59. The minimum Gasteiger partial charge on any atom is -0.340 e. The number of piperidine rings is 1. The Morgan fingerprint density at radius 2 is 1.58 bits per heavy atom. The summed E-state index contributed by atoms with van der Waals surface area (Å²) in [5, 5.41) is 1.06. The molecule has 4 aromatic rings. The molecule has 3 heteroatoms.